The first-order chi connectivity index (χ1) is 15.9. The van der Waals surface area contributed by atoms with E-state index in [0.29, 0.717) is 5.56 Å². The van der Waals surface area contributed by atoms with Gasteiger partial charge in [0, 0.05) is 20.7 Å². The van der Waals surface area contributed by atoms with Gasteiger partial charge < -0.3 is 5.32 Å². The molecule has 0 bridgehead atoms. The van der Waals surface area contributed by atoms with Crippen molar-refractivity contribution >= 4 is 44.9 Å². The average molecular weight is 474 g/mol. The van der Waals surface area contributed by atoms with Crippen LogP contribution in [0.1, 0.15) is 60.0 Å². The summed E-state index contributed by atoms with van der Waals surface area (Å²) in [6.07, 6.45) is 6.37. The van der Waals surface area contributed by atoms with Crippen LogP contribution >= 0.6 is 23.1 Å². The summed E-state index contributed by atoms with van der Waals surface area (Å²) < 4.78 is 0. The zero-order valence-corrected chi connectivity index (χ0v) is 20.8. The third kappa shape index (κ3) is 4.55. The molecule has 5 rings (SSSR count). The highest BCUT2D eigenvalue weighted by Crippen LogP contribution is 2.42. The molecule has 2 heterocycles. The molecule has 0 atom stereocenters. The van der Waals surface area contributed by atoms with Gasteiger partial charge in [0.05, 0.1) is 5.69 Å². The number of hydrogen-bond donors (Lipinski definition) is 1. The summed E-state index contributed by atoms with van der Waals surface area (Å²) in [6.45, 7) is 6.51. The van der Waals surface area contributed by atoms with E-state index >= 15 is 0 Å². The van der Waals surface area contributed by atoms with Crippen molar-refractivity contribution in [3.63, 3.8) is 0 Å². The van der Waals surface area contributed by atoms with Gasteiger partial charge in [-0.05, 0) is 66.5 Å². The van der Waals surface area contributed by atoms with Gasteiger partial charge in [0.15, 0.2) is 0 Å². The number of rotatable bonds is 4. The van der Waals surface area contributed by atoms with Crippen molar-refractivity contribution in [2.75, 3.05) is 5.32 Å². The summed E-state index contributed by atoms with van der Waals surface area (Å²) >= 11 is 3.41. The Kier molecular flexibility index (Phi) is 5.97. The molecule has 0 spiro atoms. The minimum atomic E-state index is -0.107. The minimum absolute atomic E-state index is 0.0575. The van der Waals surface area contributed by atoms with E-state index in [9.17, 15) is 4.79 Å². The number of aromatic nitrogens is 2. The fourth-order valence-corrected chi connectivity index (χ4v) is 6.52. The number of thiophene rings is 1. The van der Waals surface area contributed by atoms with Gasteiger partial charge in [-0.1, -0.05) is 56.8 Å². The SMILES string of the molecule is CC(C)(C)c1ccc(C(=O)Nc2ccccc2Sc2ncnc3sc4c(c23)CCCC4)cc1. The molecule has 0 unspecified atom stereocenters. The van der Waals surface area contributed by atoms with Gasteiger partial charge >= 0.3 is 0 Å². The lowest BCUT2D eigenvalue weighted by Crippen LogP contribution is -2.14. The van der Waals surface area contributed by atoms with Gasteiger partial charge in [-0.2, -0.15) is 0 Å². The Bertz CT molecular complexity index is 1320. The Hall–Kier alpha value is -2.70. The first-order valence-corrected chi connectivity index (χ1v) is 13.0. The second-order valence-corrected chi connectivity index (χ2v) is 11.6. The van der Waals surface area contributed by atoms with Crippen molar-refractivity contribution in [3.05, 3.63) is 76.4 Å². The van der Waals surface area contributed by atoms with Crippen LogP contribution in [0.15, 0.2) is 64.8 Å². The predicted octanol–water partition coefficient (Wildman–Crippen LogP) is 7.27. The molecular formula is C27H27N3OS2. The standard InChI is InChI=1S/C27H27N3OS2/c1-27(2,3)18-14-12-17(13-15-18)24(31)30-20-9-5-7-11-22(20)33-26-23-19-8-4-6-10-21(19)32-25(23)28-16-29-26/h5,7,9,11-16H,4,6,8,10H2,1-3H3,(H,30,31). The van der Waals surface area contributed by atoms with E-state index in [0.717, 1.165) is 33.3 Å². The van der Waals surface area contributed by atoms with Crippen LogP contribution in [-0.2, 0) is 18.3 Å². The van der Waals surface area contributed by atoms with Crippen LogP contribution < -0.4 is 5.32 Å². The molecule has 168 valence electrons. The van der Waals surface area contributed by atoms with E-state index < -0.39 is 0 Å². The molecule has 2 aromatic heterocycles. The zero-order chi connectivity index (χ0) is 23.0. The molecule has 1 aliphatic carbocycles. The molecule has 0 radical (unpaired) electrons. The number of fused-ring (bicyclic) bond motifs is 3. The Balaban J connectivity index is 1.42. The van der Waals surface area contributed by atoms with Crippen LogP contribution in [-0.4, -0.2) is 15.9 Å². The number of benzene rings is 2. The first-order valence-electron chi connectivity index (χ1n) is 11.3. The van der Waals surface area contributed by atoms with Gasteiger partial charge in [-0.25, -0.2) is 9.97 Å². The molecule has 0 saturated heterocycles. The van der Waals surface area contributed by atoms with Gasteiger partial charge in [0.1, 0.15) is 16.2 Å². The van der Waals surface area contributed by atoms with Crippen molar-refractivity contribution in [1.29, 1.82) is 0 Å². The van der Waals surface area contributed by atoms with Gasteiger partial charge in [0.25, 0.3) is 5.91 Å². The van der Waals surface area contributed by atoms with Gasteiger partial charge in [-0.15, -0.1) is 11.3 Å². The topological polar surface area (TPSA) is 54.9 Å². The molecule has 0 saturated carbocycles. The van der Waals surface area contributed by atoms with E-state index in [1.165, 1.54) is 34.2 Å². The molecule has 1 amide bonds. The third-order valence-corrected chi connectivity index (χ3v) is 8.35. The normalized spacial score (nSPS) is 13.7. The summed E-state index contributed by atoms with van der Waals surface area (Å²) in [5.41, 5.74) is 4.14. The zero-order valence-electron chi connectivity index (χ0n) is 19.1. The largest absolute Gasteiger partial charge is 0.321 e. The van der Waals surface area contributed by atoms with Crippen LogP contribution in [0.3, 0.4) is 0 Å². The molecular weight excluding hydrogens is 446 g/mol. The number of para-hydroxylation sites is 1. The monoisotopic (exact) mass is 473 g/mol. The van der Waals surface area contributed by atoms with Gasteiger partial charge in [-0.3, -0.25) is 4.79 Å². The molecule has 1 aliphatic rings. The number of carbonyl (C=O) groups is 1. The van der Waals surface area contributed by atoms with E-state index in [1.807, 2.05) is 48.5 Å². The lowest BCUT2D eigenvalue weighted by Gasteiger charge is -2.19. The van der Waals surface area contributed by atoms with Crippen molar-refractivity contribution < 1.29 is 4.79 Å². The second kappa shape index (κ2) is 8.92. The van der Waals surface area contributed by atoms with Crippen LogP contribution in [0.25, 0.3) is 10.2 Å². The summed E-state index contributed by atoms with van der Waals surface area (Å²) in [6, 6.07) is 15.8. The second-order valence-electron chi connectivity index (χ2n) is 9.45. The Labute approximate surface area is 202 Å². The molecule has 0 fully saturated rings. The summed E-state index contributed by atoms with van der Waals surface area (Å²) in [4.78, 5) is 25.7. The number of nitrogens with one attached hydrogen (secondary N) is 1. The maximum absolute atomic E-state index is 13.0. The highest BCUT2D eigenvalue weighted by Gasteiger charge is 2.21. The predicted molar refractivity (Wildman–Crippen MR) is 138 cm³/mol. The number of carbonyl (C=O) groups excluding carboxylic acids is 1. The van der Waals surface area contributed by atoms with Crippen LogP contribution in [0.4, 0.5) is 5.69 Å². The minimum Gasteiger partial charge on any atom is -0.321 e. The van der Waals surface area contributed by atoms with Gasteiger partial charge in [0.2, 0.25) is 0 Å². The smallest absolute Gasteiger partial charge is 0.255 e. The number of anilines is 1. The lowest BCUT2D eigenvalue weighted by atomic mass is 9.87. The van der Waals surface area contributed by atoms with Crippen molar-refractivity contribution in [2.45, 2.75) is 61.8 Å². The summed E-state index contributed by atoms with van der Waals surface area (Å²) in [5, 5.41) is 5.27. The number of amides is 1. The number of aryl methyl sites for hydroxylation is 2. The third-order valence-electron chi connectivity index (χ3n) is 6.07. The molecule has 1 N–H and O–H groups in total. The summed E-state index contributed by atoms with van der Waals surface area (Å²) in [5.74, 6) is -0.107. The highest BCUT2D eigenvalue weighted by molar-refractivity contribution is 7.99. The molecule has 6 heteroatoms. The van der Waals surface area contributed by atoms with E-state index in [2.05, 4.69) is 36.1 Å². The van der Waals surface area contributed by atoms with E-state index in [-0.39, 0.29) is 11.3 Å². The summed E-state index contributed by atoms with van der Waals surface area (Å²) in [7, 11) is 0. The molecule has 2 aromatic carbocycles. The van der Waals surface area contributed by atoms with Crippen LogP contribution in [0.5, 0.6) is 0 Å². The maximum atomic E-state index is 13.0. The first kappa shape index (κ1) is 22.1. The highest BCUT2D eigenvalue weighted by atomic mass is 32.2. The Morgan fingerprint density at radius 3 is 2.55 bits per heavy atom. The van der Waals surface area contributed by atoms with Crippen LogP contribution in [0, 0.1) is 0 Å². The number of hydrogen-bond acceptors (Lipinski definition) is 5. The van der Waals surface area contributed by atoms with E-state index in [1.54, 1.807) is 29.4 Å². The van der Waals surface area contributed by atoms with Crippen LogP contribution in [0.2, 0.25) is 0 Å². The van der Waals surface area contributed by atoms with Crippen molar-refractivity contribution in [1.82, 2.24) is 9.97 Å². The molecule has 0 aliphatic heterocycles. The Morgan fingerprint density at radius 2 is 1.76 bits per heavy atom. The fraction of sp³-hybridized carbons (Fsp3) is 0.296. The average Bonchev–Trinajstić information content (AvgIpc) is 3.19. The van der Waals surface area contributed by atoms with Crippen molar-refractivity contribution in [3.8, 4) is 0 Å². The lowest BCUT2D eigenvalue weighted by molar-refractivity contribution is 0.102. The van der Waals surface area contributed by atoms with E-state index in [4.69, 9.17) is 0 Å². The number of nitrogens with zero attached hydrogens (tertiary/aromatic N) is 2. The maximum Gasteiger partial charge on any atom is 0.255 e. The molecule has 4 aromatic rings. The fourth-order valence-electron chi connectivity index (χ4n) is 4.22. The Morgan fingerprint density at radius 1 is 1.00 bits per heavy atom. The van der Waals surface area contributed by atoms with Crippen molar-refractivity contribution in [2.24, 2.45) is 0 Å². The quantitative estimate of drug-likeness (QED) is 0.317. The molecule has 4 nitrogen and oxygen atoms in total. The molecule has 33 heavy (non-hydrogen) atoms.